The summed E-state index contributed by atoms with van der Waals surface area (Å²) >= 11 is 0. The van der Waals surface area contributed by atoms with E-state index in [1.54, 1.807) is 12.1 Å². The number of rotatable bonds is 0. The molecule has 0 unspecified atom stereocenters. The lowest BCUT2D eigenvalue weighted by Gasteiger charge is -2.09. The maximum absolute atomic E-state index is 9.73. The number of fused-ring (bicyclic) bond motifs is 3. The van der Waals surface area contributed by atoms with Crippen LogP contribution in [0.5, 0.6) is 0 Å². The van der Waals surface area contributed by atoms with Crippen molar-refractivity contribution in [1.82, 2.24) is 0 Å². The summed E-state index contributed by atoms with van der Waals surface area (Å²) in [7, 11) is 0. The molecule has 0 saturated carbocycles. The van der Waals surface area contributed by atoms with Gasteiger partial charge in [0.25, 0.3) is 5.70 Å². The van der Waals surface area contributed by atoms with E-state index in [1.165, 1.54) is 12.1 Å². The van der Waals surface area contributed by atoms with E-state index >= 15 is 0 Å². The third kappa shape index (κ3) is 2.25. The summed E-state index contributed by atoms with van der Waals surface area (Å²) < 4.78 is 0. The zero-order valence-corrected chi connectivity index (χ0v) is 14.7. The molecule has 130 valence electrons. The van der Waals surface area contributed by atoms with Crippen LogP contribution in [0, 0.1) is 71.6 Å². The van der Waals surface area contributed by atoms with Crippen molar-refractivity contribution in [2.75, 3.05) is 0 Å². The van der Waals surface area contributed by atoms with Crippen LogP contribution in [-0.4, -0.2) is 0 Å². The fourth-order valence-corrected chi connectivity index (χ4v) is 3.38. The molecule has 0 aromatic heterocycles. The first kappa shape index (κ1) is 18.9. The van der Waals surface area contributed by atoms with Crippen LogP contribution >= 0.6 is 0 Å². The molecule has 3 rings (SSSR count). The molecule has 0 heterocycles. The van der Waals surface area contributed by atoms with Gasteiger partial charge >= 0.3 is 0 Å². The van der Waals surface area contributed by atoms with Gasteiger partial charge in [0.1, 0.15) is 18.2 Å². The molecule has 0 amide bonds. The van der Waals surface area contributed by atoms with E-state index in [2.05, 4.69) is 19.4 Å². The van der Waals surface area contributed by atoms with E-state index < -0.39 is 5.70 Å². The third-order valence-electron chi connectivity index (χ3n) is 4.51. The first-order valence-corrected chi connectivity index (χ1v) is 7.84. The summed E-state index contributed by atoms with van der Waals surface area (Å²) in [5, 5.41) is 38.2. The number of hydrogen-bond acceptors (Lipinski definition) is 4. The lowest BCUT2D eigenvalue weighted by atomic mass is 9.91. The largest absolute Gasteiger partial charge is 0.268 e. The van der Waals surface area contributed by atoms with Crippen LogP contribution in [-0.2, 0) is 0 Å². The highest BCUT2D eigenvalue weighted by Gasteiger charge is 2.35. The quantitative estimate of drug-likeness (QED) is 0.398. The maximum atomic E-state index is 9.73. The molecule has 0 atom stereocenters. The van der Waals surface area contributed by atoms with Crippen molar-refractivity contribution in [3.05, 3.63) is 91.3 Å². The van der Waals surface area contributed by atoms with Crippen LogP contribution in [0.25, 0.3) is 36.1 Å². The Morgan fingerprint density at radius 3 is 1.83 bits per heavy atom. The van der Waals surface area contributed by atoms with Crippen LogP contribution in [0.3, 0.4) is 0 Å². The van der Waals surface area contributed by atoms with Gasteiger partial charge in [-0.3, -0.25) is 14.5 Å². The normalized spacial score (nSPS) is 11.5. The molecule has 2 aromatic carbocycles. The second-order valence-corrected chi connectivity index (χ2v) is 5.73. The van der Waals surface area contributed by atoms with Gasteiger partial charge in [0, 0.05) is 0 Å². The molecule has 2 aromatic rings. The second kappa shape index (κ2) is 7.02. The summed E-state index contributed by atoms with van der Waals surface area (Å²) in [4.78, 5) is 13.2. The standard InChI is InChI=1S/C22H2N8/c1-27-16-6-13-12-5-11(7-23)14(8-24)15(9-25)18(12)20(17(10-26)28-2)19(13)22(30-4)21(16)29-3/h5-6H/b20-17-. The molecule has 0 aliphatic heterocycles. The minimum absolute atomic E-state index is 0.0533. The molecule has 0 saturated heterocycles. The molecule has 1 aliphatic carbocycles. The number of nitriles is 4. The van der Waals surface area contributed by atoms with Crippen LogP contribution in [0.15, 0.2) is 17.8 Å². The Labute approximate surface area is 170 Å². The first-order chi connectivity index (χ1) is 14.6. The highest BCUT2D eigenvalue weighted by atomic mass is 14.8. The van der Waals surface area contributed by atoms with Gasteiger partial charge in [-0.2, -0.15) is 15.8 Å². The summed E-state index contributed by atoms with van der Waals surface area (Å²) in [6.07, 6.45) is 0. The van der Waals surface area contributed by atoms with Crippen molar-refractivity contribution in [1.29, 1.82) is 21.0 Å². The predicted octanol–water partition coefficient (Wildman–Crippen LogP) is 5.14. The lowest BCUT2D eigenvalue weighted by Crippen LogP contribution is -1.97. The molecule has 8 nitrogen and oxygen atoms in total. The topological polar surface area (TPSA) is 113 Å². The molecular weight excluding hydrogens is 376 g/mol. The van der Waals surface area contributed by atoms with Crippen molar-refractivity contribution in [2.45, 2.75) is 0 Å². The molecular formula is C22H2N8. The SMILES string of the molecule is [C-]#[N+]/C(C#N)=C1/c2c(cc(C#N)c(C#N)c2C#N)-c2cc([N+]#[C-])c([N+]#[C-])c([N+]#[C-])c21. The minimum Gasteiger partial charge on any atom is -0.262 e. The summed E-state index contributed by atoms with van der Waals surface area (Å²) in [5.41, 5.74) is -0.936. The van der Waals surface area contributed by atoms with Gasteiger partial charge < -0.3 is 0 Å². The average Bonchev–Trinajstić information content (AvgIpc) is 3.10. The van der Waals surface area contributed by atoms with Gasteiger partial charge in [0.05, 0.1) is 49.0 Å². The van der Waals surface area contributed by atoms with E-state index in [9.17, 15) is 21.0 Å². The van der Waals surface area contributed by atoms with E-state index in [0.717, 1.165) is 0 Å². The molecule has 0 spiro atoms. The average molecular weight is 378 g/mol. The van der Waals surface area contributed by atoms with Crippen LogP contribution < -0.4 is 0 Å². The number of hydrogen-bond donors (Lipinski definition) is 0. The summed E-state index contributed by atoms with van der Waals surface area (Å²) in [6, 6.07) is 9.93. The monoisotopic (exact) mass is 378 g/mol. The first-order valence-electron chi connectivity index (χ1n) is 7.84. The molecule has 0 fully saturated rings. The zero-order chi connectivity index (χ0) is 22.0. The number of allylic oxidation sites excluding steroid dienone is 1. The van der Waals surface area contributed by atoms with Gasteiger partial charge in [-0.25, -0.2) is 10.1 Å². The molecule has 0 radical (unpaired) electrons. The summed E-state index contributed by atoms with van der Waals surface area (Å²) in [6.45, 7) is 29.7. The van der Waals surface area contributed by atoms with Gasteiger partial charge in [-0.05, 0) is 33.9 Å². The third-order valence-corrected chi connectivity index (χ3v) is 4.51. The second-order valence-electron chi connectivity index (χ2n) is 5.73. The lowest BCUT2D eigenvalue weighted by molar-refractivity contribution is 1.38. The fourth-order valence-electron chi connectivity index (χ4n) is 3.38. The molecule has 1 aliphatic rings. The predicted molar refractivity (Wildman–Crippen MR) is 103 cm³/mol. The Morgan fingerprint density at radius 2 is 1.37 bits per heavy atom. The van der Waals surface area contributed by atoms with Crippen molar-refractivity contribution in [2.24, 2.45) is 0 Å². The van der Waals surface area contributed by atoms with E-state index in [1.807, 2.05) is 12.1 Å². The summed E-state index contributed by atoms with van der Waals surface area (Å²) in [5.74, 6) is 0. The van der Waals surface area contributed by atoms with Crippen molar-refractivity contribution >= 4 is 22.6 Å². The molecule has 0 N–H and O–H groups in total. The van der Waals surface area contributed by atoms with E-state index in [4.69, 9.17) is 26.3 Å². The number of benzene rings is 2. The smallest absolute Gasteiger partial charge is 0.262 e. The minimum atomic E-state index is -0.434. The molecule has 0 bridgehead atoms. The van der Waals surface area contributed by atoms with Crippen molar-refractivity contribution in [3.63, 3.8) is 0 Å². The van der Waals surface area contributed by atoms with Crippen LogP contribution in [0.4, 0.5) is 17.1 Å². The van der Waals surface area contributed by atoms with Crippen molar-refractivity contribution in [3.8, 4) is 35.4 Å². The van der Waals surface area contributed by atoms with Gasteiger partial charge in [-0.1, -0.05) is 6.07 Å². The van der Waals surface area contributed by atoms with Crippen molar-refractivity contribution < 1.29 is 0 Å². The van der Waals surface area contributed by atoms with E-state index in [0.29, 0.717) is 0 Å². The van der Waals surface area contributed by atoms with Crippen LogP contribution in [0.1, 0.15) is 27.8 Å². The molecule has 30 heavy (non-hydrogen) atoms. The van der Waals surface area contributed by atoms with Gasteiger partial charge in [-0.15, -0.1) is 0 Å². The van der Waals surface area contributed by atoms with Crippen LogP contribution in [0.2, 0.25) is 0 Å². The Balaban J connectivity index is 2.77. The maximum Gasteiger partial charge on any atom is 0.268 e. The molecule has 8 heteroatoms. The Morgan fingerprint density at radius 1 is 0.733 bits per heavy atom. The number of nitrogens with zero attached hydrogens (tertiary/aromatic N) is 8. The van der Waals surface area contributed by atoms with Gasteiger partial charge in [0.2, 0.25) is 5.69 Å². The highest BCUT2D eigenvalue weighted by molar-refractivity contribution is 6.13. The Hall–Kier alpha value is -5.90. The zero-order valence-electron chi connectivity index (χ0n) is 14.7. The van der Waals surface area contributed by atoms with Gasteiger partial charge in [0.15, 0.2) is 11.4 Å². The Kier molecular flexibility index (Phi) is 4.42. The Bertz CT molecular complexity index is 1450. The fraction of sp³-hybridized carbons (Fsp3) is 0. The van der Waals surface area contributed by atoms with E-state index in [-0.39, 0.29) is 61.6 Å². The highest BCUT2D eigenvalue weighted by Crippen LogP contribution is 2.57.